The monoisotopic (exact) mass is 117 g/mol. The molecule has 3 nitrogen and oxygen atoms in total. The van der Waals surface area contributed by atoms with Gasteiger partial charge in [0.1, 0.15) is 18.7 Å². The summed E-state index contributed by atoms with van der Waals surface area (Å²) in [6.45, 7) is 14.2. The van der Waals surface area contributed by atoms with Crippen molar-refractivity contribution in [3.63, 3.8) is 0 Å². The van der Waals surface area contributed by atoms with E-state index in [9.17, 15) is 0 Å². The van der Waals surface area contributed by atoms with Gasteiger partial charge < -0.3 is 0 Å². The third kappa shape index (κ3) is 1.63. The number of allylic oxidation sites excluding steroid dienone is 1. The van der Waals surface area contributed by atoms with E-state index in [2.05, 4.69) is 9.69 Å². The third-order valence-corrected chi connectivity index (χ3v) is 0.715. The zero-order valence-electron chi connectivity index (χ0n) is 4.84. The quantitative estimate of drug-likeness (QED) is 0.350. The Morgan fingerprint density at radius 3 is 2.00 bits per heavy atom. The van der Waals surface area contributed by atoms with E-state index in [1.165, 1.54) is 6.92 Å². The molecular weight excluding hydrogens is 114 g/mol. The largest absolute Gasteiger partial charge is 0.532 e. The summed E-state index contributed by atoms with van der Waals surface area (Å²) >= 11 is 0. The molecule has 42 valence electrons. The lowest BCUT2D eigenvalue weighted by atomic mass is 10.3. The maximum atomic E-state index is 8.17. The van der Waals surface area contributed by atoms with Crippen molar-refractivity contribution >= 4 is 0 Å². The Labute approximate surface area is 53.5 Å². The Morgan fingerprint density at radius 1 is 1.44 bits per heavy atom. The molecule has 9 heavy (non-hydrogen) atoms. The predicted molar refractivity (Wildman–Crippen MR) is 31.5 cm³/mol. The molecule has 0 heterocycles. The van der Waals surface area contributed by atoms with Gasteiger partial charge in [0, 0.05) is 0 Å². The smallest absolute Gasteiger partial charge is 0.194 e. The molecule has 0 aromatic heterocycles. The molecule has 0 saturated heterocycles. The van der Waals surface area contributed by atoms with Gasteiger partial charge in [-0.3, -0.25) is 0 Å². The van der Waals surface area contributed by atoms with Crippen molar-refractivity contribution in [1.82, 2.24) is 0 Å². The van der Waals surface area contributed by atoms with E-state index < -0.39 is 0 Å². The molecule has 0 saturated carbocycles. The van der Waals surface area contributed by atoms with Gasteiger partial charge in [0.25, 0.3) is 0 Å². The molecule has 0 fully saturated rings. The van der Waals surface area contributed by atoms with Crippen molar-refractivity contribution in [2.75, 3.05) is 0 Å². The van der Waals surface area contributed by atoms with Crippen LogP contribution in [-0.2, 0) is 0 Å². The van der Waals surface area contributed by atoms with E-state index in [1.807, 2.05) is 0 Å². The molecule has 0 aliphatic rings. The van der Waals surface area contributed by atoms with Crippen molar-refractivity contribution in [2.24, 2.45) is 0 Å². The van der Waals surface area contributed by atoms with Gasteiger partial charge in [-0.1, -0.05) is 0 Å². The molecule has 0 N–H and O–H groups in total. The first-order chi connectivity index (χ1) is 4.26. The first-order valence-corrected chi connectivity index (χ1v) is 2.12. The Balaban J connectivity index is 4.78. The second-order valence-electron chi connectivity index (χ2n) is 1.28. The molecule has 0 amide bonds. The second-order valence-corrected chi connectivity index (χ2v) is 1.28. The van der Waals surface area contributed by atoms with Crippen LogP contribution in [0.15, 0.2) is 11.4 Å². The maximum absolute atomic E-state index is 8.17. The highest BCUT2D eigenvalue weighted by molar-refractivity contribution is 5.33. The number of nitriles is 1. The van der Waals surface area contributed by atoms with Crippen molar-refractivity contribution in [3.05, 3.63) is 34.2 Å². The van der Waals surface area contributed by atoms with E-state index >= 15 is 0 Å². The van der Waals surface area contributed by atoms with Gasteiger partial charge in [-0.15, -0.1) is 0 Å². The normalized spacial score (nSPS) is 6.00. The summed E-state index contributed by atoms with van der Waals surface area (Å²) < 4.78 is 0. The van der Waals surface area contributed by atoms with Gasteiger partial charge in [-0.25, -0.2) is 0 Å². The Hall–Kier alpha value is -1.79. The Morgan fingerprint density at radius 2 is 1.89 bits per heavy atom. The molecule has 0 unspecified atom stereocenters. The lowest BCUT2D eigenvalue weighted by Gasteiger charge is -1.72. The molecule has 0 radical (unpaired) electrons. The highest BCUT2D eigenvalue weighted by Gasteiger charge is 2.06. The summed E-state index contributed by atoms with van der Waals surface area (Å²) in [5.74, 6) is -0.141. The first kappa shape index (κ1) is 7.21. The minimum absolute atomic E-state index is 0.141. The second kappa shape index (κ2) is 3.24. The standard InChI is InChI=1S/C6H3N3/c1-5(4-7)6(8-2)9-3/h1H3. The molecule has 0 aromatic carbocycles. The van der Waals surface area contributed by atoms with E-state index in [-0.39, 0.29) is 11.4 Å². The van der Waals surface area contributed by atoms with Gasteiger partial charge in [-0.2, -0.15) is 15.0 Å². The highest BCUT2D eigenvalue weighted by atomic mass is 14.9. The predicted octanol–water partition coefficient (Wildman–Crippen LogP) is 1.58. The van der Waals surface area contributed by atoms with Crippen molar-refractivity contribution in [1.29, 1.82) is 5.26 Å². The molecule has 3 heteroatoms. The molecule has 0 aliphatic carbocycles. The minimum Gasteiger partial charge on any atom is -0.194 e. The minimum atomic E-state index is -0.141. The topological polar surface area (TPSA) is 32.5 Å². The van der Waals surface area contributed by atoms with Crippen LogP contribution in [-0.4, -0.2) is 0 Å². The maximum Gasteiger partial charge on any atom is 0.532 e. The van der Waals surface area contributed by atoms with Crippen LogP contribution in [0.2, 0.25) is 0 Å². The van der Waals surface area contributed by atoms with Crippen LogP contribution >= 0.6 is 0 Å². The van der Waals surface area contributed by atoms with E-state index in [0.29, 0.717) is 0 Å². The van der Waals surface area contributed by atoms with E-state index in [0.717, 1.165) is 0 Å². The fourth-order valence-electron chi connectivity index (χ4n) is 0.243. The lowest BCUT2D eigenvalue weighted by molar-refractivity contribution is 1.40. The molecule has 0 spiro atoms. The van der Waals surface area contributed by atoms with Gasteiger partial charge in [-0.05, 0) is 6.92 Å². The number of nitrogens with zero attached hydrogens (tertiary/aromatic N) is 3. The summed E-state index contributed by atoms with van der Waals surface area (Å²) in [4.78, 5) is 5.66. The van der Waals surface area contributed by atoms with E-state index in [4.69, 9.17) is 18.4 Å². The number of hydrogen-bond donors (Lipinski definition) is 0. The zero-order chi connectivity index (χ0) is 7.28. The average Bonchev–Trinajstić information content (AvgIpc) is 1.90. The van der Waals surface area contributed by atoms with Gasteiger partial charge >= 0.3 is 5.82 Å². The van der Waals surface area contributed by atoms with Crippen LogP contribution in [0.1, 0.15) is 6.92 Å². The van der Waals surface area contributed by atoms with Crippen LogP contribution in [0.3, 0.4) is 0 Å². The summed E-state index contributed by atoms with van der Waals surface area (Å²) in [6.07, 6.45) is 0. The van der Waals surface area contributed by atoms with E-state index in [1.54, 1.807) is 6.07 Å². The molecule has 0 aromatic rings. The van der Waals surface area contributed by atoms with Gasteiger partial charge in [0.05, 0.1) is 6.07 Å². The molecule has 0 bridgehead atoms. The van der Waals surface area contributed by atoms with Crippen LogP contribution in [0.5, 0.6) is 0 Å². The SMILES string of the molecule is [C-]#[N+]C([N+]#[C-])=C(C)C#N. The zero-order valence-corrected chi connectivity index (χ0v) is 4.84. The average molecular weight is 117 g/mol. The van der Waals surface area contributed by atoms with Crippen molar-refractivity contribution in [2.45, 2.75) is 6.92 Å². The number of rotatable bonds is 0. The number of hydrogen-bond acceptors (Lipinski definition) is 1. The molecule has 0 aliphatic heterocycles. The lowest BCUT2D eigenvalue weighted by Crippen LogP contribution is -1.71. The Kier molecular flexibility index (Phi) is 2.60. The fourth-order valence-corrected chi connectivity index (χ4v) is 0.243. The van der Waals surface area contributed by atoms with Crippen molar-refractivity contribution < 1.29 is 0 Å². The molecule has 0 atom stereocenters. The fraction of sp³-hybridized carbons (Fsp3) is 0.167. The molecule has 0 rings (SSSR count). The van der Waals surface area contributed by atoms with Crippen LogP contribution in [0.25, 0.3) is 9.69 Å². The van der Waals surface area contributed by atoms with Crippen molar-refractivity contribution in [3.8, 4) is 6.07 Å². The molecular formula is C6H3N3. The van der Waals surface area contributed by atoms with Crippen LogP contribution in [0.4, 0.5) is 0 Å². The summed E-state index contributed by atoms with van der Waals surface area (Å²) in [7, 11) is 0. The summed E-state index contributed by atoms with van der Waals surface area (Å²) in [5, 5.41) is 8.17. The third-order valence-electron chi connectivity index (χ3n) is 0.715. The highest BCUT2D eigenvalue weighted by Crippen LogP contribution is 2.04. The van der Waals surface area contributed by atoms with Crippen LogP contribution < -0.4 is 0 Å². The van der Waals surface area contributed by atoms with Crippen LogP contribution in [0, 0.1) is 24.5 Å². The Bertz CT molecular complexity index is 237. The van der Waals surface area contributed by atoms with Gasteiger partial charge in [0.2, 0.25) is 0 Å². The summed E-state index contributed by atoms with van der Waals surface area (Å²) in [6, 6.07) is 1.72. The summed E-state index contributed by atoms with van der Waals surface area (Å²) in [5.41, 5.74) is 0.181. The first-order valence-electron chi connectivity index (χ1n) is 2.12. The van der Waals surface area contributed by atoms with Gasteiger partial charge in [0.15, 0.2) is 0 Å².